The summed E-state index contributed by atoms with van der Waals surface area (Å²) in [5, 5.41) is 21.3. The molecule has 2 aliphatic rings. The average Bonchev–Trinajstić information content (AvgIpc) is 3.43. The van der Waals surface area contributed by atoms with E-state index in [2.05, 4.69) is 37.5 Å². The number of rotatable bonds is 5. The molecule has 9 heteroatoms. The van der Waals surface area contributed by atoms with Gasteiger partial charge in [-0.05, 0) is 37.8 Å². The standard InChI is InChI=1S/C22H23N7O2/c1-23-19-9-17(15-11-28(12-4-5-12)20-13(15)3-2-8-24-20)26-21-14(10-25-29(19)21)22(31)27-16-6-7-18(16)30/h2-3,8-12,16,18,23,30H,4-7H2,1H3,(H,27,31)/t16?,18-/m1/s1. The van der Waals surface area contributed by atoms with E-state index in [0.29, 0.717) is 23.7 Å². The number of nitrogens with one attached hydrogen (secondary N) is 2. The van der Waals surface area contributed by atoms with Crippen molar-refractivity contribution >= 4 is 28.4 Å². The van der Waals surface area contributed by atoms with Crippen molar-refractivity contribution in [2.24, 2.45) is 0 Å². The molecule has 0 aromatic carbocycles. The normalized spacial score (nSPS) is 20.7. The number of fused-ring (bicyclic) bond motifs is 2. The Labute approximate surface area is 178 Å². The highest BCUT2D eigenvalue weighted by atomic mass is 16.3. The molecule has 0 saturated heterocycles. The van der Waals surface area contributed by atoms with Gasteiger partial charge in [0.1, 0.15) is 17.0 Å². The first-order chi connectivity index (χ1) is 15.1. The molecule has 6 rings (SSSR count). The molecule has 2 saturated carbocycles. The molecule has 0 radical (unpaired) electrons. The predicted molar refractivity (Wildman–Crippen MR) is 116 cm³/mol. The Balaban J connectivity index is 1.49. The van der Waals surface area contributed by atoms with Crippen LogP contribution < -0.4 is 10.6 Å². The first-order valence-electron chi connectivity index (χ1n) is 10.7. The third-order valence-corrected chi connectivity index (χ3v) is 6.33. The lowest BCUT2D eigenvalue weighted by Crippen LogP contribution is -2.50. The minimum absolute atomic E-state index is 0.211. The summed E-state index contributed by atoms with van der Waals surface area (Å²) in [6, 6.07) is 6.21. The zero-order valence-electron chi connectivity index (χ0n) is 17.1. The smallest absolute Gasteiger partial charge is 0.257 e. The summed E-state index contributed by atoms with van der Waals surface area (Å²) in [5.41, 5.74) is 3.56. The van der Waals surface area contributed by atoms with Crippen LogP contribution in [0.2, 0.25) is 0 Å². The lowest BCUT2D eigenvalue weighted by molar-refractivity contribution is 0.0448. The van der Waals surface area contributed by atoms with Gasteiger partial charge in [-0.25, -0.2) is 9.97 Å². The molecule has 9 nitrogen and oxygen atoms in total. The van der Waals surface area contributed by atoms with Crippen LogP contribution in [0.4, 0.5) is 5.82 Å². The van der Waals surface area contributed by atoms with Crippen molar-refractivity contribution in [1.29, 1.82) is 0 Å². The van der Waals surface area contributed by atoms with Crippen LogP contribution in [0.1, 0.15) is 42.1 Å². The van der Waals surface area contributed by atoms with E-state index in [-0.39, 0.29) is 11.9 Å². The number of aliphatic hydroxyl groups excluding tert-OH is 1. The van der Waals surface area contributed by atoms with Gasteiger partial charge in [0.15, 0.2) is 5.65 Å². The van der Waals surface area contributed by atoms with E-state index in [1.165, 1.54) is 6.20 Å². The van der Waals surface area contributed by atoms with Crippen LogP contribution in [0.5, 0.6) is 0 Å². The summed E-state index contributed by atoms with van der Waals surface area (Å²) in [6.07, 6.45) is 8.79. The largest absolute Gasteiger partial charge is 0.391 e. The molecular weight excluding hydrogens is 394 g/mol. The highest BCUT2D eigenvalue weighted by molar-refractivity contribution is 6.01. The van der Waals surface area contributed by atoms with Crippen molar-refractivity contribution in [3.05, 3.63) is 42.4 Å². The Morgan fingerprint density at radius 2 is 2.10 bits per heavy atom. The number of carbonyl (C=O) groups excluding carboxylic acids is 1. The van der Waals surface area contributed by atoms with Gasteiger partial charge >= 0.3 is 0 Å². The van der Waals surface area contributed by atoms with E-state index in [0.717, 1.165) is 47.4 Å². The molecule has 4 heterocycles. The number of amides is 1. The number of carbonyl (C=O) groups is 1. The third kappa shape index (κ3) is 2.88. The fourth-order valence-electron chi connectivity index (χ4n) is 4.25. The van der Waals surface area contributed by atoms with Crippen LogP contribution in [0.15, 0.2) is 36.8 Å². The Kier molecular flexibility index (Phi) is 4.01. The number of nitrogens with zero attached hydrogens (tertiary/aromatic N) is 5. The maximum atomic E-state index is 12.9. The number of anilines is 1. The van der Waals surface area contributed by atoms with Gasteiger partial charge in [0, 0.05) is 42.5 Å². The van der Waals surface area contributed by atoms with E-state index in [4.69, 9.17) is 4.98 Å². The van der Waals surface area contributed by atoms with Crippen molar-refractivity contribution in [2.75, 3.05) is 12.4 Å². The van der Waals surface area contributed by atoms with Crippen molar-refractivity contribution < 1.29 is 9.90 Å². The molecule has 1 unspecified atom stereocenters. The molecule has 0 spiro atoms. The number of aromatic nitrogens is 5. The Morgan fingerprint density at radius 3 is 2.81 bits per heavy atom. The second-order valence-electron chi connectivity index (χ2n) is 8.35. The van der Waals surface area contributed by atoms with Gasteiger partial charge in [-0.2, -0.15) is 9.61 Å². The van der Waals surface area contributed by atoms with E-state index in [1.807, 2.05) is 25.4 Å². The maximum Gasteiger partial charge on any atom is 0.257 e. The van der Waals surface area contributed by atoms with Crippen LogP contribution in [-0.4, -0.2) is 54.4 Å². The van der Waals surface area contributed by atoms with Gasteiger partial charge in [0.25, 0.3) is 5.91 Å². The van der Waals surface area contributed by atoms with E-state index < -0.39 is 6.10 Å². The van der Waals surface area contributed by atoms with E-state index in [1.54, 1.807) is 4.52 Å². The van der Waals surface area contributed by atoms with Crippen LogP contribution in [0, 0.1) is 0 Å². The van der Waals surface area contributed by atoms with E-state index in [9.17, 15) is 9.90 Å². The first-order valence-corrected chi connectivity index (χ1v) is 10.7. The maximum absolute atomic E-state index is 12.9. The lowest BCUT2D eigenvalue weighted by Gasteiger charge is -2.32. The van der Waals surface area contributed by atoms with Crippen LogP contribution in [0.25, 0.3) is 27.9 Å². The number of pyridine rings is 1. The fraction of sp³-hybridized carbons (Fsp3) is 0.364. The molecule has 31 heavy (non-hydrogen) atoms. The van der Waals surface area contributed by atoms with Gasteiger partial charge in [-0.1, -0.05) is 0 Å². The second-order valence-corrected chi connectivity index (χ2v) is 8.35. The molecule has 0 aliphatic heterocycles. The molecule has 4 aromatic rings. The molecular formula is C22H23N7O2. The van der Waals surface area contributed by atoms with Gasteiger partial charge in [0.05, 0.1) is 24.0 Å². The molecule has 4 aromatic heterocycles. The van der Waals surface area contributed by atoms with Gasteiger partial charge in [-0.15, -0.1) is 0 Å². The van der Waals surface area contributed by atoms with Gasteiger partial charge < -0.3 is 20.3 Å². The Hall–Kier alpha value is -3.46. The van der Waals surface area contributed by atoms with Crippen LogP contribution in [-0.2, 0) is 0 Å². The summed E-state index contributed by atoms with van der Waals surface area (Å²) in [6.45, 7) is 0. The molecule has 1 amide bonds. The van der Waals surface area contributed by atoms with Gasteiger partial charge in [-0.3, -0.25) is 4.79 Å². The first kappa shape index (κ1) is 18.3. The summed E-state index contributed by atoms with van der Waals surface area (Å²) in [7, 11) is 1.82. The van der Waals surface area contributed by atoms with Crippen molar-refractivity contribution in [1.82, 2.24) is 29.5 Å². The second kappa shape index (κ2) is 6.78. The predicted octanol–water partition coefficient (Wildman–Crippen LogP) is 2.38. The molecule has 2 fully saturated rings. The minimum atomic E-state index is -0.483. The zero-order chi connectivity index (χ0) is 21.1. The topological polar surface area (TPSA) is 109 Å². The summed E-state index contributed by atoms with van der Waals surface area (Å²) in [4.78, 5) is 22.3. The fourth-order valence-corrected chi connectivity index (χ4v) is 4.25. The van der Waals surface area contributed by atoms with Crippen LogP contribution >= 0.6 is 0 Å². The Bertz CT molecular complexity index is 1320. The molecule has 2 aliphatic carbocycles. The number of hydrogen-bond acceptors (Lipinski definition) is 6. The van der Waals surface area contributed by atoms with Crippen molar-refractivity contribution in [2.45, 2.75) is 43.9 Å². The summed E-state index contributed by atoms with van der Waals surface area (Å²) >= 11 is 0. The highest BCUT2D eigenvalue weighted by Crippen LogP contribution is 2.40. The SMILES string of the molecule is CNc1cc(-c2cn(C3CC3)c3ncccc23)nc2c(C(=O)NC3CC[C@H]3O)cnn12. The highest BCUT2D eigenvalue weighted by Gasteiger charge is 2.31. The molecule has 2 atom stereocenters. The molecule has 0 bridgehead atoms. The van der Waals surface area contributed by atoms with E-state index >= 15 is 0 Å². The zero-order valence-corrected chi connectivity index (χ0v) is 17.1. The lowest BCUT2D eigenvalue weighted by atomic mass is 9.89. The number of hydrogen-bond donors (Lipinski definition) is 3. The molecule has 158 valence electrons. The van der Waals surface area contributed by atoms with Crippen molar-refractivity contribution in [3.8, 4) is 11.3 Å². The van der Waals surface area contributed by atoms with Crippen LogP contribution in [0.3, 0.4) is 0 Å². The monoisotopic (exact) mass is 417 g/mol. The quantitative estimate of drug-likeness (QED) is 0.460. The summed E-state index contributed by atoms with van der Waals surface area (Å²) < 4.78 is 3.87. The molecule has 3 N–H and O–H groups in total. The minimum Gasteiger partial charge on any atom is -0.391 e. The summed E-state index contributed by atoms with van der Waals surface area (Å²) in [5.74, 6) is 0.464. The average molecular weight is 417 g/mol. The van der Waals surface area contributed by atoms with Crippen molar-refractivity contribution in [3.63, 3.8) is 0 Å². The number of aliphatic hydroxyl groups is 1. The Morgan fingerprint density at radius 1 is 1.23 bits per heavy atom. The third-order valence-electron chi connectivity index (χ3n) is 6.33. The van der Waals surface area contributed by atoms with Gasteiger partial charge in [0.2, 0.25) is 0 Å².